The SMILES string of the molecule is CCCO[C@H]1C[C@@]2(C)C(CC[C@@H]3C2C(=O)C[C@@]2(C)C3CC[C@@H]2C#N)C[C@@H]1O. The Kier molecular flexibility index (Phi) is 4.92. The molecule has 0 aliphatic heterocycles. The van der Waals surface area contributed by atoms with Crippen molar-refractivity contribution in [3.05, 3.63) is 0 Å². The standard InChI is InChI=1S/C23H35NO3/c1-4-9-27-20-12-23(3)14(10-18(20)25)5-7-16-17-8-6-15(13-24)22(17,2)11-19(26)21(16)23/h14-18,20-21,25H,4-12H2,1-3H3/t14?,15-,16+,17?,18+,20+,21?,22-,23+/m1/s1. The van der Waals surface area contributed by atoms with Crippen molar-refractivity contribution in [1.82, 2.24) is 0 Å². The van der Waals surface area contributed by atoms with Crippen LogP contribution in [0.5, 0.6) is 0 Å². The Bertz CT molecular complexity index is 642. The third-order valence-corrected chi connectivity index (χ3v) is 9.04. The molecular formula is C23H35NO3. The quantitative estimate of drug-likeness (QED) is 0.808. The first kappa shape index (κ1) is 19.4. The van der Waals surface area contributed by atoms with Gasteiger partial charge in [-0.25, -0.2) is 0 Å². The molecule has 0 bridgehead atoms. The predicted octanol–water partition coefficient (Wildman–Crippen LogP) is 4.11. The lowest BCUT2D eigenvalue weighted by molar-refractivity contribution is -0.179. The lowest BCUT2D eigenvalue weighted by Gasteiger charge is -2.60. The topological polar surface area (TPSA) is 70.3 Å². The summed E-state index contributed by atoms with van der Waals surface area (Å²) in [6.07, 6.45) is 6.80. The van der Waals surface area contributed by atoms with E-state index in [2.05, 4.69) is 26.8 Å². The van der Waals surface area contributed by atoms with Crippen molar-refractivity contribution in [2.75, 3.05) is 6.61 Å². The van der Waals surface area contributed by atoms with Crippen LogP contribution >= 0.6 is 0 Å². The van der Waals surface area contributed by atoms with Crippen molar-refractivity contribution >= 4 is 5.78 Å². The van der Waals surface area contributed by atoms with E-state index in [1.165, 1.54) is 0 Å². The van der Waals surface area contributed by atoms with E-state index in [1.807, 2.05) is 0 Å². The minimum absolute atomic E-state index is 0.0340. The van der Waals surface area contributed by atoms with Crippen LogP contribution in [0.3, 0.4) is 0 Å². The third-order valence-electron chi connectivity index (χ3n) is 9.04. The summed E-state index contributed by atoms with van der Waals surface area (Å²) in [7, 11) is 0. The summed E-state index contributed by atoms with van der Waals surface area (Å²) in [4.78, 5) is 13.5. The summed E-state index contributed by atoms with van der Waals surface area (Å²) in [5, 5.41) is 20.3. The number of aliphatic hydroxyl groups excluding tert-OH is 1. The van der Waals surface area contributed by atoms with E-state index in [1.54, 1.807) is 0 Å². The highest BCUT2D eigenvalue weighted by atomic mass is 16.5. The first-order valence-electron chi connectivity index (χ1n) is 11.1. The highest BCUT2D eigenvalue weighted by Gasteiger charge is 2.64. The molecule has 4 aliphatic rings. The molecule has 1 N–H and O–H groups in total. The number of carbonyl (C=O) groups excluding carboxylic acids is 1. The van der Waals surface area contributed by atoms with Crippen LogP contribution in [0.25, 0.3) is 0 Å². The Balaban J connectivity index is 1.63. The number of hydrogen-bond acceptors (Lipinski definition) is 4. The number of rotatable bonds is 3. The van der Waals surface area contributed by atoms with Gasteiger partial charge < -0.3 is 9.84 Å². The number of ether oxygens (including phenoxy) is 1. The average molecular weight is 374 g/mol. The van der Waals surface area contributed by atoms with Crippen LogP contribution in [0.2, 0.25) is 0 Å². The van der Waals surface area contributed by atoms with Crippen LogP contribution in [-0.2, 0) is 9.53 Å². The summed E-state index contributed by atoms with van der Waals surface area (Å²) in [5.41, 5.74) is -0.188. The van der Waals surface area contributed by atoms with Gasteiger partial charge in [0.25, 0.3) is 0 Å². The van der Waals surface area contributed by atoms with Crippen molar-refractivity contribution in [3.8, 4) is 6.07 Å². The molecular weight excluding hydrogens is 338 g/mol. The fraction of sp³-hybridized carbons (Fsp3) is 0.913. The number of nitrogens with zero attached hydrogens (tertiary/aromatic N) is 1. The van der Waals surface area contributed by atoms with Gasteiger partial charge in [0.05, 0.1) is 24.2 Å². The van der Waals surface area contributed by atoms with E-state index in [0.717, 1.165) is 44.9 Å². The molecule has 3 unspecified atom stereocenters. The van der Waals surface area contributed by atoms with E-state index >= 15 is 0 Å². The Labute approximate surface area is 163 Å². The van der Waals surface area contributed by atoms with Gasteiger partial charge in [-0.15, -0.1) is 0 Å². The minimum atomic E-state index is -0.399. The molecule has 27 heavy (non-hydrogen) atoms. The number of aliphatic hydroxyl groups is 1. The van der Waals surface area contributed by atoms with Crippen LogP contribution < -0.4 is 0 Å². The van der Waals surface area contributed by atoms with Crippen LogP contribution in [-0.4, -0.2) is 29.7 Å². The highest BCUT2D eigenvalue weighted by molar-refractivity contribution is 5.84. The maximum Gasteiger partial charge on any atom is 0.137 e. The van der Waals surface area contributed by atoms with Gasteiger partial charge in [-0.2, -0.15) is 5.26 Å². The van der Waals surface area contributed by atoms with E-state index in [9.17, 15) is 15.2 Å². The number of ketones is 1. The molecule has 0 spiro atoms. The summed E-state index contributed by atoms with van der Waals surface area (Å²) >= 11 is 0. The van der Waals surface area contributed by atoms with Crippen LogP contribution in [0, 0.1) is 51.8 Å². The second kappa shape index (κ2) is 6.85. The monoisotopic (exact) mass is 373 g/mol. The smallest absolute Gasteiger partial charge is 0.137 e. The summed E-state index contributed by atoms with van der Waals surface area (Å²) < 4.78 is 6.01. The van der Waals surface area contributed by atoms with Crippen LogP contribution in [0.15, 0.2) is 0 Å². The number of Topliss-reactive ketones (excluding diaryl/α,β-unsaturated/α-hetero) is 1. The van der Waals surface area contributed by atoms with Crippen molar-refractivity contribution < 1.29 is 14.6 Å². The second-order valence-corrected chi connectivity index (χ2v) is 10.4. The summed E-state index contributed by atoms with van der Waals surface area (Å²) in [6.45, 7) is 7.28. The Morgan fingerprint density at radius 2 is 2.00 bits per heavy atom. The molecule has 0 aromatic rings. The molecule has 0 aromatic carbocycles. The van der Waals surface area contributed by atoms with E-state index in [4.69, 9.17) is 4.74 Å². The van der Waals surface area contributed by atoms with Crippen molar-refractivity contribution in [2.45, 2.75) is 84.3 Å². The van der Waals surface area contributed by atoms with Gasteiger partial charge in [-0.05, 0) is 73.5 Å². The highest BCUT2D eigenvalue weighted by Crippen LogP contribution is 2.66. The zero-order valence-electron chi connectivity index (χ0n) is 17.1. The maximum absolute atomic E-state index is 13.5. The molecule has 0 saturated heterocycles. The molecule has 0 amide bonds. The number of nitriles is 1. The largest absolute Gasteiger partial charge is 0.390 e. The molecule has 9 atom stereocenters. The Morgan fingerprint density at radius 1 is 1.22 bits per heavy atom. The van der Waals surface area contributed by atoms with E-state index in [0.29, 0.717) is 36.6 Å². The summed E-state index contributed by atoms with van der Waals surface area (Å²) in [6, 6.07) is 2.52. The van der Waals surface area contributed by atoms with Gasteiger partial charge in [0, 0.05) is 18.9 Å². The molecule has 4 saturated carbocycles. The van der Waals surface area contributed by atoms with Gasteiger partial charge >= 0.3 is 0 Å². The fourth-order valence-electron chi connectivity index (χ4n) is 7.72. The molecule has 150 valence electrons. The fourth-order valence-corrected chi connectivity index (χ4v) is 7.72. The lowest BCUT2D eigenvalue weighted by Crippen LogP contribution is -2.60. The van der Waals surface area contributed by atoms with Gasteiger partial charge in [-0.1, -0.05) is 20.8 Å². The molecule has 4 fully saturated rings. The van der Waals surface area contributed by atoms with Crippen molar-refractivity contribution in [1.29, 1.82) is 5.26 Å². The van der Waals surface area contributed by atoms with Crippen LogP contribution in [0.1, 0.15) is 72.1 Å². The van der Waals surface area contributed by atoms with Gasteiger partial charge in [0.1, 0.15) is 5.78 Å². The first-order chi connectivity index (χ1) is 12.8. The molecule has 4 aliphatic carbocycles. The predicted molar refractivity (Wildman–Crippen MR) is 103 cm³/mol. The minimum Gasteiger partial charge on any atom is -0.390 e. The van der Waals surface area contributed by atoms with Gasteiger partial charge in [-0.3, -0.25) is 4.79 Å². The Hall–Kier alpha value is -0.920. The van der Waals surface area contributed by atoms with E-state index < -0.39 is 6.10 Å². The maximum atomic E-state index is 13.5. The zero-order valence-corrected chi connectivity index (χ0v) is 17.1. The van der Waals surface area contributed by atoms with Crippen molar-refractivity contribution in [3.63, 3.8) is 0 Å². The third kappa shape index (κ3) is 2.80. The van der Waals surface area contributed by atoms with Gasteiger partial charge in [0.15, 0.2) is 0 Å². The second-order valence-electron chi connectivity index (χ2n) is 10.4. The van der Waals surface area contributed by atoms with Crippen molar-refractivity contribution in [2.24, 2.45) is 40.4 Å². The van der Waals surface area contributed by atoms with Gasteiger partial charge in [0.2, 0.25) is 0 Å². The average Bonchev–Trinajstić information content (AvgIpc) is 2.95. The molecule has 4 nitrogen and oxygen atoms in total. The normalized spacial score (nSPS) is 51.8. The molecule has 4 heteroatoms. The number of carbonyl (C=O) groups is 1. The molecule has 0 radical (unpaired) electrons. The van der Waals surface area contributed by atoms with E-state index in [-0.39, 0.29) is 28.8 Å². The summed E-state index contributed by atoms with van der Waals surface area (Å²) in [5.74, 6) is 1.84. The zero-order chi connectivity index (χ0) is 19.4. The van der Waals surface area contributed by atoms with Crippen LogP contribution in [0.4, 0.5) is 0 Å². The molecule has 0 heterocycles. The molecule has 4 rings (SSSR count). The molecule has 0 aromatic heterocycles. The number of hydrogen-bond donors (Lipinski definition) is 1. The Morgan fingerprint density at radius 3 is 2.70 bits per heavy atom. The number of fused-ring (bicyclic) bond motifs is 5. The lowest BCUT2D eigenvalue weighted by atomic mass is 9.44. The first-order valence-corrected chi connectivity index (χ1v) is 11.1.